The molecule has 0 bridgehead atoms. The van der Waals surface area contributed by atoms with Crippen LogP contribution in [0.2, 0.25) is 0 Å². The lowest BCUT2D eigenvalue weighted by Gasteiger charge is -2.10. The van der Waals surface area contributed by atoms with Crippen LogP contribution in [0.25, 0.3) is 0 Å². The van der Waals surface area contributed by atoms with E-state index >= 15 is 0 Å². The Bertz CT molecular complexity index is 636. The Morgan fingerprint density at radius 2 is 1.90 bits per heavy atom. The average Bonchev–Trinajstić information content (AvgIpc) is 3.22. The van der Waals surface area contributed by atoms with Crippen LogP contribution in [0.4, 0.5) is 4.39 Å². The molecule has 3 rings (SSSR count). The molecule has 0 spiro atoms. The maximum absolute atomic E-state index is 13.5. The Labute approximate surface area is 128 Å². The summed E-state index contributed by atoms with van der Waals surface area (Å²) in [7, 11) is 0. The zero-order valence-electron chi connectivity index (χ0n) is 12.2. The first-order valence-corrected chi connectivity index (χ1v) is 7.94. The molecule has 0 amide bonds. The third kappa shape index (κ3) is 4.02. The Kier molecular flexibility index (Phi) is 4.22. The highest BCUT2D eigenvalue weighted by atomic mass is 32.2. The van der Waals surface area contributed by atoms with Crippen molar-refractivity contribution in [3.8, 4) is 0 Å². The Morgan fingerprint density at radius 3 is 2.57 bits per heavy atom. The van der Waals surface area contributed by atoms with Crippen molar-refractivity contribution in [1.82, 2.24) is 15.3 Å². The number of aryl methyl sites for hydroxylation is 2. The first kappa shape index (κ1) is 14.5. The van der Waals surface area contributed by atoms with Crippen molar-refractivity contribution in [2.75, 3.05) is 0 Å². The summed E-state index contributed by atoms with van der Waals surface area (Å²) in [6.07, 6.45) is 2.44. The Balaban J connectivity index is 1.82. The minimum atomic E-state index is -0.201. The molecule has 1 fully saturated rings. The number of hydrogen-bond donors (Lipinski definition) is 1. The molecule has 21 heavy (non-hydrogen) atoms. The van der Waals surface area contributed by atoms with Crippen LogP contribution < -0.4 is 5.32 Å². The molecule has 1 aliphatic rings. The number of hydrogen-bond acceptors (Lipinski definition) is 4. The van der Waals surface area contributed by atoms with Crippen LogP contribution in [0.1, 0.15) is 29.8 Å². The van der Waals surface area contributed by atoms with E-state index in [2.05, 4.69) is 15.3 Å². The third-order valence-corrected chi connectivity index (χ3v) is 4.33. The second kappa shape index (κ2) is 6.12. The molecule has 0 radical (unpaired) electrons. The van der Waals surface area contributed by atoms with Gasteiger partial charge in [0.25, 0.3) is 0 Å². The van der Waals surface area contributed by atoms with Crippen molar-refractivity contribution in [2.24, 2.45) is 0 Å². The summed E-state index contributed by atoms with van der Waals surface area (Å²) >= 11 is 1.49. The second-order valence-corrected chi connectivity index (χ2v) is 6.45. The van der Waals surface area contributed by atoms with Crippen molar-refractivity contribution >= 4 is 11.8 Å². The van der Waals surface area contributed by atoms with Crippen LogP contribution in [0, 0.1) is 19.7 Å². The van der Waals surface area contributed by atoms with E-state index in [1.807, 2.05) is 26.0 Å². The summed E-state index contributed by atoms with van der Waals surface area (Å²) in [5.74, 6) is -0.201. The van der Waals surface area contributed by atoms with Gasteiger partial charge in [-0.1, -0.05) is 0 Å². The molecule has 0 aliphatic heterocycles. The van der Waals surface area contributed by atoms with Crippen molar-refractivity contribution in [3.63, 3.8) is 0 Å². The normalized spacial score (nSPS) is 14.4. The fraction of sp³-hybridized carbons (Fsp3) is 0.375. The van der Waals surface area contributed by atoms with Crippen LogP contribution in [0.15, 0.2) is 34.3 Å². The predicted molar refractivity (Wildman–Crippen MR) is 81.9 cm³/mol. The van der Waals surface area contributed by atoms with Gasteiger partial charge in [0, 0.05) is 28.9 Å². The van der Waals surface area contributed by atoms with Gasteiger partial charge in [-0.2, -0.15) is 0 Å². The maximum atomic E-state index is 13.5. The Morgan fingerprint density at radius 1 is 1.19 bits per heavy atom. The zero-order chi connectivity index (χ0) is 14.8. The molecule has 0 atom stereocenters. The number of aromatic nitrogens is 2. The van der Waals surface area contributed by atoms with E-state index in [0.29, 0.717) is 17.7 Å². The van der Waals surface area contributed by atoms with E-state index in [1.54, 1.807) is 6.07 Å². The van der Waals surface area contributed by atoms with Gasteiger partial charge in [0.15, 0.2) is 5.16 Å². The summed E-state index contributed by atoms with van der Waals surface area (Å²) in [5, 5.41) is 4.14. The molecule has 0 saturated heterocycles. The summed E-state index contributed by atoms with van der Waals surface area (Å²) in [6.45, 7) is 4.60. The minimum absolute atomic E-state index is 0.201. The highest BCUT2D eigenvalue weighted by Crippen LogP contribution is 2.30. The summed E-state index contributed by atoms with van der Waals surface area (Å²) in [4.78, 5) is 9.89. The number of rotatable bonds is 5. The van der Waals surface area contributed by atoms with Gasteiger partial charge in [0.05, 0.1) is 0 Å². The topological polar surface area (TPSA) is 37.8 Å². The lowest BCUT2D eigenvalue weighted by atomic mass is 10.2. The minimum Gasteiger partial charge on any atom is -0.310 e. The standard InChI is InChI=1S/C16H18FN3S/c1-10-7-11(2)20-16(19-10)21-15-6-3-13(17)8-12(15)9-18-14-4-5-14/h3,6-8,14,18H,4-5,9H2,1-2H3. The fourth-order valence-electron chi connectivity index (χ4n) is 2.17. The fourth-order valence-corrected chi connectivity index (χ4v) is 3.14. The predicted octanol–water partition coefficient (Wildman–Crippen LogP) is 3.64. The summed E-state index contributed by atoms with van der Waals surface area (Å²) in [6, 6.07) is 7.45. The monoisotopic (exact) mass is 303 g/mol. The number of nitrogens with zero attached hydrogens (tertiary/aromatic N) is 2. The summed E-state index contributed by atoms with van der Waals surface area (Å²) < 4.78 is 13.5. The van der Waals surface area contributed by atoms with E-state index in [-0.39, 0.29) is 5.82 Å². The van der Waals surface area contributed by atoms with Gasteiger partial charge in [-0.05, 0) is 68.3 Å². The number of nitrogens with one attached hydrogen (secondary N) is 1. The van der Waals surface area contributed by atoms with Gasteiger partial charge in [-0.15, -0.1) is 0 Å². The molecule has 1 N–H and O–H groups in total. The van der Waals surface area contributed by atoms with Crippen molar-refractivity contribution in [2.45, 2.75) is 49.3 Å². The Hall–Kier alpha value is -1.46. The number of benzene rings is 1. The smallest absolute Gasteiger partial charge is 0.192 e. The van der Waals surface area contributed by atoms with Crippen LogP contribution in [0.5, 0.6) is 0 Å². The molecular formula is C16H18FN3S. The molecule has 1 aromatic carbocycles. The van der Waals surface area contributed by atoms with Gasteiger partial charge in [-0.25, -0.2) is 14.4 Å². The van der Waals surface area contributed by atoms with E-state index in [0.717, 1.165) is 21.8 Å². The molecule has 5 heteroatoms. The molecule has 2 aromatic rings. The van der Waals surface area contributed by atoms with E-state index in [1.165, 1.54) is 30.7 Å². The van der Waals surface area contributed by atoms with Gasteiger partial charge < -0.3 is 5.32 Å². The molecule has 0 unspecified atom stereocenters. The van der Waals surface area contributed by atoms with Crippen LogP contribution in [-0.2, 0) is 6.54 Å². The quantitative estimate of drug-likeness (QED) is 0.856. The van der Waals surface area contributed by atoms with E-state index in [9.17, 15) is 4.39 Å². The second-order valence-electron chi connectivity index (χ2n) is 5.44. The first-order chi connectivity index (χ1) is 10.1. The van der Waals surface area contributed by atoms with Gasteiger partial charge in [0.2, 0.25) is 0 Å². The molecule has 1 saturated carbocycles. The van der Waals surface area contributed by atoms with E-state index < -0.39 is 0 Å². The molecule has 1 heterocycles. The lowest BCUT2D eigenvalue weighted by Crippen LogP contribution is -2.16. The van der Waals surface area contributed by atoms with Gasteiger partial charge in [-0.3, -0.25) is 0 Å². The molecule has 1 aliphatic carbocycles. The number of halogens is 1. The van der Waals surface area contributed by atoms with Gasteiger partial charge >= 0.3 is 0 Å². The van der Waals surface area contributed by atoms with Crippen molar-refractivity contribution in [1.29, 1.82) is 0 Å². The van der Waals surface area contributed by atoms with E-state index in [4.69, 9.17) is 0 Å². The molecule has 1 aromatic heterocycles. The molecular weight excluding hydrogens is 285 g/mol. The van der Waals surface area contributed by atoms with Gasteiger partial charge in [0.1, 0.15) is 5.82 Å². The van der Waals surface area contributed by atoms with Crippen LogP contribution >= 0.6 is 11.8 Å². The van der Waals surface area contributed by atoms with Crippen molar-refractivity contribution in [3.05, 3.63) is 47.0 Å². The SMILES string of the molecule is Cc1cc(C)nc(Sc2ccc(F)cc2CNC2CC2)n1. The van der Waals surface area contributed by atoms with Crippen LogP contribution in [0.3, 0.4) is 0 Å². The van der Waals surface area contributed by atoms with Crippen LogP contribution in [-0.4, -0.2) is 16.0 Å². The van der Waals surface area contributed by atoms with Crippen molar-refractivity contribution < 1.29 is 4.39 Å². The average molecular weight is 303 g/mol. The lowest BCUT2D eigenvalue weighted by molar-refractivity contribution is 0.616. The third-order valence-electron chi connectivity index (χ3n) is 3.34. The zero-order valence-corrected chi connectivity index (χ0v) is 13.0. The highest BCUT2D eigenvalue weighted by Gasteiger charge is 2.20. The molecule has 110 valence electrons. The first-order valence-electron chi connectivity index (χ1n) is 7.12. The summed E-state index contributed by atoms with van der Waals surface area (Å²) in [5.41, 5.74) is 2.86. The highest BCUT2D eigenvalue weighted by molar-refractivity contribution is 7.99. The largest absolute Gasteiger partial charge is 0.310 e. The molecule has 3 nitrogen and oxygen atoms in total. The maximum Gasteiger partial charge on any atom is 0.192 e.